The number of aromatic nitrogens is 2. The summed E-state index contributed by atoms with van der Waals surface area (Å²) in [5.41, 5.74) is 2.50. The van der Waals surface area contributed by atoms with Gasteiger partial charge in [-0.3, -0.25) is 19.5 Å². The molecule has 1 N–H and O–H groups in total. The number of anilines is 1. The van der Waals surface area contributed by atoms with E-state index in [1.165, 1.54) is 23.1 Å². The van der Waals surface area contributed by atoms with Gasteiger partial charge in [0.2, 0.25) is 0 Å². The number of Topliss-reactive ketones (excluding diaryl/α,β-unsaturated/α-hetero) is 1. The van der Waals surface area contributed by atoms with Crippen LogP contribution in [0.4, 0.5) is 9.52 Å². The number of fused-ring (bicyclic) bond motifs is 1. The summed E-state index contributed by atoms with van der Waals surface area (Å²) in [6.07, 6.45) is 3.10. The molecule has 0 bridgehead atoms. The van der Waals surface area contributed by atoms with E-state index in [1.807, 2.05) is 19.1 Å². The average Bonchev–Trinajstić information content (AvgIpc) is 3.32. The van der Waals surface area contributed by atoms with Gasteiger partial charge in [-0.1, -0.05) is 41.2 Å². The number of halogens is 1. The van der Waals surface area contributed by atoms with E-state index in [-0.39, 0.29) is 16.5 Å². The molecule has 1 fully saturated rings. The number of hydrogen-bond donors (Lipinski definition) is 1. The van der Waals surface area contributed by atoms with Crippen molar-refractivity contribution in [2.24, 2.45) is 0 Å². The molecule has 1 atom stereocenters. The van der Waals surface area contributed by atoms with Crippen LogP contribution in [0.25, 0.3) is 16.0 Å². The average molecular weight is 445 g/mol. The normalized spacial score (nSPS) is 17.9. The molecule has 2 aromatic heterocycles. The molecule has 0 saturated carbocycles. The third-order valence-corrected chi connectivity index (χ3v) is 6.35. The predicted octanol–water partition coefficient (Wildman–Crippen LogP) is 4.77. The second kappa shape index (κ2) is 7.65. The van der Waals surface area contributed by atoms with Crippen molar-refractivity contribution in [3.63, 3.8) is 0 Å². The van der Waals surface area contributed by atoms with Gasteiger partial charge in [-0.05, 0) is 42.8 Å². The standard InChI is InChI=1S/C24H16FN3O3S/c1-13-2-4-15(5-3-13)21(29)19-20(14-8-10-26-11-9-14)28(23(31)22(19)30)24-27-17-7-6-16(25)12-18(17)32-24/h2-12,20,29H,1H3. The van der Waals surface area contributed by atoms with Crippen LogP contribution in [-0.2, 0) is 9.59 Å². The highest BCUT2D eigenvalue weighted by Gasteiger charge is 2.48. The largest absolute Gasteiger partial charge is 0.507 e. The second-order valence-corrected chi connectivity index (χ2v) is 8.43. The number of carbonyl (C=O) groups excluding carboxylic acids is 2. The molecule has 1 aliphatic rings. The fourth-order valence-electron chi connectivity index (χ4n) is 3.75. The monoisotopic (exact) mass is 445 g/mol. The first-order chi connectivity index (χ1) is 15.4. The maximum atomic E-state index is 13.7. The molecule has 1 unspecified atom stereocenters. The van der Waals surface area contributed by atoms with Crippen LogP contribution in [0.3, 0.4) is 0 Å². The maximum Gasteiger partial charge on any atom is 0.301 e. The number of aryl methyl sites for hydroxylation is 1. The summed E-state index contributed by atoms with van der Waals surface area (Å²) < 4.78 is 14.2. The number of benzene rings is 2. The fraction of sp³-hybridized carbons (Fsp3) is 0.0833. The number of rotatable bonds is 3. The van der Waals surface area contributed by atoms with Crippen LogP contribution in [0.2, 0.25) is 0 Å². The molecule has 1 aliphatic heterocycles. The van der Waals surface area contributed by atoms with Gasteiger partial charge in [0.25, 0.3) is 5.78 Å². The Morgan fingerprint density at radius 2 is 1.78 bits per heavy atom. The molecule has 5 rings (SSSR count). The van der Waals surface area contributed by atoms with Crippen molar-refractivity contribution in [2.45, 2.75) is 13.0 Å². The molecule has 2 aromatic carbocycles. The topological polar surface area (TPSA) is 83.4 Å². The van der Waals surface area contributed by atoms with Gasteiger partial charge in [0.05, 0.1) is 21.8 Å². The van der Waals surface area contributed by atoms with Crippen LogP contribution < -0.4 is 4.90 Å². The Balaban J connectivity index is 1.72. The van der Waals surface area contributed by atoms with E-state index in [2.05, 4.69) is 9.97 Å². The highest BCUT2D eigenvalue weighted by atomic mass is 32.1. The van der Waals surface area contributed by atoms with E-state index < -0.39 is 23.5 Å². The van der Waals surface area contributed by atoms with Crippen LogP contribution in [0.15, 0.2) is 72.6 Å². The summed E-state index contributed by atoms with van der Waals surface area (Å²) in [5, 5.41) is 11.3. The first-order valence-corrected chi connectivity index (χ1v) is 10.6. The summed E-state index contributed by atoms with van der Waals surface area (Å²) in [7, 11) is 0. The molecule has 32 heavy (non-hydrogen) atoms. The third-order valence-electron chi connectivity index (χ3n) is 5.34. The Bertz CT molecular complexity index is 1400. The molecule has 158 valence electrons. The van der Waals surface area contributed by atoms with Crippen LogP contribution in [0, 0.1) is 12.7 Å². The number of thiazole rings is 1. The van der Waals surface area contributed by atoms with E-state index in [1.54, 1.807) is 36.7 Å². The quantitative estimate of drug-likeness (QED) is 0.279. The van der Waals surface area contributed by atoms with Crippen molar-refractivity contribution < 1.29 is 19.1 Å². The lowest BCUT2D eigenvalue weighted by atomic mass is 9.96. The molecule has 1 saturated heterocycles. The predicted molar refractivity (Wildman–Crippen MR) is 120 cm³/mol. The first-order valence-electron chi connectivity index (χ1n) is 9.78. The number of aliphatic hydroxyl groups is 1. The van der Waals surface area contributed by atoms with Crippen molar-refractivity contribution in [1.29, 1.82) is 0 Å². The van der Waals surface area contributed by atoms with Crippen LogP contribution in [0.1, 0.15) is 22.7 Å². The molecular formula is C24H16FN3O3S. The summed E-state index contributed by atoms with van der Waals surface area (Å²) in [5.74, 6) is -2.30. The first kappa shape index (κ1) is 20.0. The molecule has 3 heterocycles. The summed E-state index contributed by atoms with van der Waals surface area (Å²) >= 11 is 1.11. The van der Waals surface area contributed by atoms with E-state index in [0.717, 1.165) is 16.9 Å². The van der Waals surface area contributed by atoms with Crippen molar-refractivity contribution in [3.8, 4) is 0 Å². The molecule has 0 spiro atoms. The van der Waals surface area contributed by atoms with Gasteiger partial charge in [0.15, 0.2) is 5.13 Å². The second-order valence-electron chi connectivity index (χ2n) is 7.42. The molecule has 8 heteroatoms. The summed E-state index contributed by atoms with van der Waals surface area (Å²) in [6, 6.07) is 13.6. The molecule has 6 nitrogen and oxygen atoms in total. The zero-order chi connectivity index (χ0) is 22.4. The van der Waals surface area contributed by atoms with E-state index in [4.69, 9.17) is 0 Å². The van der Waals surface area contributed by atoms with Gasteiger partial charge in [-0.2, -0.15) is 0 Å². The van der Waals surface area contributed by atoms with Gasteiger partial charge >= 0.3 is 5.91 Å². The minimum Gasteiger partial charge on any atom is -0.507 e. The Labute approximate surface area is 186 Å². The van der Waals surface area contributed by atoms with Crippen molar-refractivity contribution in [1.82, 2.24) is 9.97 Å². The van der Waals surface area contributed by atoms with Crippen molar-refractivity contribution in [2.75, 3.05) is 4.90 Å². The van der Waals surface area contributed by atoms with Crippen molar-refractivity contribution in [3.05, 3.63) is 95.1 Å². The van der Waals surface area contributed by atoms with Gasteiger partial charge in [-0.15, -0.1) is 0 Å². The molecule has 0 aliphatic carbocycles. The Hall–Kier alpha value is -3.91. The number of amides is 1. The number of ketones is 1. The zero-order valence-corrected chi connectivity index (χ0v) is 17.6. The fourth-order valence-corrected chi connectivity index (χ4v) is 4.76. The maximum absolute atomic E-state index is 13.7. The minimum atomic E-state index is -0.898. The van der Waals surface area contributed by atoms with Gasteiger partial charge in [-0.25, -0.2) is 9.37 Å². The zero-order valence-electron chi connectivity index (χ0n) is 16.8. The number of hydrogen-bond acceptors (Lipinski definition) is 6. The van der Waals surface area contributed by atoms with E-state index >= 15 is 0 Å². The summed E-state index contributed by atoms with van der Waals surface area (Å²) in [4.78, 5) is 36.0. The number of nitrogens with zero attached hydrogens (tertiary/aromatic N) is 3. The SMILES string of the molecule is Cc1ccc(C(O)=C2C(=O)C(=O)N(c3nc4ccc(F)cc4s3)C2c2ccncc2)cc1. The highest BCUT2D eigenvalue weighted by molar-refractivity contribution is 7.22. The molecule has 4 aromatic rings. The van der Waals surface area contributed by atoms with Gasteiger partial charge in [0, 0.05) is 18.0 Å². The van der Waals surface area contributed by atoms with Crippen LogP contribution >= 0.6 is 11.3 Å². The Morgan fingerprint density at radius 3 is 2.50 bits per heavy atom. The Kier molecular flexibility index (Phi) is 4.79. The Morgan fingerprint density at radius 1 is 1.06 bits per heavy atom. The smallest absolute Gasteiger partial charge is 0.301 e. The number of carbonyl (C=O) groups is 2. The molecule has 1 amide bonds. The van der Waals surface area contributed by atoms with Crippen molar-refractivity contribution >= 4 is 44.1 Å². The number of pyridine rings is 1. The summed E-state index contributed by atoms with van der Waals surface area (Å²) in [6.45, 7) is 1.91. The van der Waals surface area contributed by atoms with Gasteiger partial charge < -0.3 is 5.11 Å². The molecule has 0 radical (unpaired) electrons. The highest BCUT2D eigenvalue weighted by Crippen LogP contribution is 2.44. The van der Waals surface area contributed by atoms with Gasteiger partial charge in [0.1, 0.15) is 11.6 Å². The van der Waals surface area contributed by atoms with Crippen LogP contribution in [0.5, 0.6) is 0 Å². The lowest BCUT2D eigenvalue weighted by Gasteiger charge is -2.22. The third kappa shape index (κ3) is 3.25. The van der Waals surface area contributed by atoms with Crippen LogP contribution in [-0.4, -0.2) is 26.8 Å². The lowest BCUT2D eigenvalue weighted by Crippen LogP contribution is -2.29. The lowest BCUT2D eigenvalue weighted by molar-refractivity contribution is -0.132. The minimum absolute atomic E-state index is 0.0320. The van der Waals surface area contributed by atoms with E-state index in [0.29, 0.717) is 21.3 Å². The number of aliphatic hydroxyl groups excluding tert-OH is 1. The molecular weight excluding hydrogens is 429 g/mol. The van der Waals surface area contributed by atoms with E-state index in [9.17, 15) is 19.1 Å².